The average molecular weight is 271 g/mol. The molecule has 106 valence electrons. The topological polar surface area (TPSA) is 40.5 Å². The Morgan fingerprint density at radius 2 is 2.20 bits per heavy atom. The summed E-state index contributed by atoms with van der Waals surface area (Å²) < 4.78 is 0. The molecule has 1 N–H and O–H groups in total. The van der Waals surface area contributed by atoms with Crippen molar-refractivity contribution in [3.8, 4) is 11.8 Å². The molecule has 3 heteroatoms. The van der Waals surface area contributed by atoms with Gasteiger partial charge < -0.3 is 10.0 Å². The third-order valence-electron chi connectivity index (χ3n) is 3.89. The van der Waals surface area contributed by atoms with E-state index in [2.05, 4.69) is 11.8 Å². The van der Waals surface area contributed by atoms with Crippen LogP contribution in [0.2, 0.25) is 0 Å². The van der Waals surface area contributed by atoms with E-state index in [4.69, 9.17) is 5.11 Å². The Balaban J connectivity index is 2.12. The highest BCUT2D eigenvalue weighted by Gasteiger charge is 2.22. The Bertz CT molecular complexity index is 550. The second-order valence-electron chi connectivity index (χ2n) is 5.47. The SMILES string of the molecule is Cc1ccc(C(=O)N(C)CC2CCC2)cc1C#CCO. The lowest BCUT2D eigenvalue weighted by Gasteiger charge is -2.30. The van der Waals surface area contributed by atoms with Gasteiger partial charge in [-0.15, -0.1) is 0 Å². The minimum Gasteiger partial charge on any atom is -0.384 e. The monoisotopic (exact) mass is 271 g/mol. The van der Waals surface area contributed by atoms with Crippen LogP contribution in [0.4, 0.5) is 0 Å². The van der Waals surface area contributed by atoms with E-state index >= 15 is 0 Å². The van der Waals surface area contributed by atoms with Crippen molar-refractivity contribution in [1.82, 2.24) is 4.90 Å². The number of hydrogen-bond acceptors (Lipinski definition) is 2. The summed E-state index contributed by atoms with van der Waals surface area (Å²) in [5, 5.41) is 8.77. The first-order valence-electron chi connectivity index (χ1n) is 7.07. The molecular weight excluding hydrogens is 250 g/mol. The van der Waals surface area contributed by atoms with Crippen LogP contribution in [0.1, 0.15) is 40.7 Å². The molecule has 1 aliphatic rings. The molecule has 1 aromatic carbocycles. The third kappa shape index (κ3) is 3.40. The number of carbonyl (C=O) groups is 1. The zero-order valence-electron chi connectivity index (χ0n) is 12.1. The van der Waals surface area contributed by atoms with E-state index in [1.165, 1.54) is 19.3 Å². The number of carbonyl (C=O) groups excluding carboxylic acids is 1. The van der Waals surface area contributed by atoms with Crippen LogP contribution in [0.25, 0.3) is 0 Å². The molecule has 2 rings (SSSR count). The first-order valence-corrected chi connectivity index (χ1v) is 7.07. The smallest absolute Gasteiger partial charge is 0.253 e. The van der Waals surface area contributed by atoms with Crippen LogP contribution in [0.3, 0.4) is 0 Å². The van der Waals surface area contributed by atoms with E-state index in [1.807, 2.05) is 32.2 Å². The number of nitrogens with zero attached hydrogens (tertiary/aromatic N) is 1. The largest absolute Gasteiger partial charge is 0.384 e. The molecule has 0 spiro atoms. The van der Waals surface area contributed by atoms with Gasteiger partial charge in [-0.05, 0) is 43.4 Å². The quantitative estimate of drug-likeness (QED) is 0.856. The second kappa shape index (κ2) is 6.58. The van der Waals surface area contributed by atoms with E-state index in [0.717, 1.165) is 17.7 Å². The van der Waals surface area contributed by atoms with Crippen LogP contribution in [-0.2, 0) is 0 Å². The van der Waals surface area contributed by atoms with Gasteiger partial charge in [-0.3, -0.25) is 4.79 Å². The predicted octanol–water partition coefficient (Wildman–Crippen LogP) is 2.21. The summed E-state index contributed by atoms with van der Waals surface area (Å²) >= 11 is 0. The highest BCUT2D eigenvalue weighted by molar-refractivity contribution is 5.94. The van der Waals surface area contributed by atoms with Crippen LogP contribution >= 0.6 is 0 Å². The summed E-state index contributed by atoms with van der Waals surface area (Å²) in [5.41, 5.74) is 2.49. The van der Waals surface area contributed by atoms with Crippen molar-refractivity contribution in [3.63, 3.8) is 0 Å². The van der Waals surface area contributed by atoms with Crippen LogP contribution in [0, 0.1) is 24.7 Å². The van der Waals surface area contributed by atoms with Crippen molar-refractivity contribution < 1.29 is 9.90 Å². The molecule has 0 heterocycles. The molecule has 0 unspecified atom stereocenters. The molecule has 1 amide bonds. The summed E-state index contributed by atoms with van der Waals surface area (Å²) in [6, 6.07) is 5.57. The van der Waals surface area contributed by atoms with Crippen molar-refractivity contribution in [2.45, 2.75) is 26.2 Å². The lowest BCUT2D eigenvalue weighted by molar-refractivity contribution is 0.0745. The summed E-state index contributed by atoms with van der Waals surface area (Å²) in [7, 11) is 1.86. The minimum atomic E-state index is -0.167. The number of benzene rings is 1. The van der Waals surface area contributed by atoms with E-state index in [-0.39, 0.29) is 12.5 Å². The van der Waals surface area contributed by atoms with Gasteiger partial charge in [0.05, 0.1) is 0 Å². The third-order valence-corrected chi connectivity index (χ3v) is 3.89. The van der Waals surface area contributed by atoms with Gasteiger partial charge in [-0.2, -0.15) is 0 Å². The number of hydrogen-bond donors (Lipinski definition) is 1. The first kappa shape index (κ1) is 14.6. The fourth-order valence-corrected chi connectivity index (χ4v) is 2.39. The zero-order chi connectivity index (χ0) is 14.5. The maximum atomic E-state index is 12.4. The maximum Gasteiger partial charge on any atom is 0.253 e. The van der Waals surface area contributed by atoms with Gasteiger partial charge in [0.2, 0.25) is 0 Å². The molecular formula is C17H21NO2. The number of aliphatic hydroxyl groups excluding tert-OH is 1. The van der Waals surface area contributed by atoms with Gasteiger partial charge in [0, 0.05) is 24.7 Å². The van der Waals surface area contributed by atoms with E-state index in [1.54, 1.807) is 4.90 Å². The first-order chi connectivity index (χ1) is 9.61. The van der Waals surface area contributed by atoms with Gasteiger partial charge in [0.25, 0.3) is 5.91 Å². The average Bonchev–Trinajstić information content (AvgIpc) is 2.41. The maximum absolute atomic E-state index is 12.4. The van der Waals surface area contributed by atoms with Gasteiger partial charge in [-0.25, -0.2) is 0 Å². The molecule has 20 heavy (non-hydrogen) atoms. The Morgan fingerprint density at radius 3 is 2.80 bits per heavy atom. The van der Waals surface area contributed by atoms with Gasteiger partial charge in [0.15, 0.2) is 0 Å². The Hall–Kier alpha value is -1.79. The van der Waals surface area contributed by atoms with E-state index in [9.17, 15) is 4.79 Å². The van der Waals surface area contributed by atoms with E-state index < -0.39 is 0 Å². The minimum absolute atomic E-state index is 0.0453. The molecule has 1 aromatic rings. The van der Waals surface area contributed by atoms with Crippen LogP contribution in [-0.4, -0.2) is 36.1 Å². The highest BCUT2D eigenvalue weighted by Crippen LogP contribution is 2.27. The van der Waals surface area contributed by atoms with Gasteiger partial charge in [-0.1, -0.05) is 24.3 Å². The van der Waals surface area contributed by atoms with Crippen molar-refractivity contribution in [2.75, 3.05) is 20.2 Å². The van der Waals surface area contributed by atoms with Crippen LogP contribution < -0.4 is 0 Å². The molecule has 0 bridgehead atoms. The van der Waals surface area contributed by atoms with Gasteiger partial charge >= 0.3 is 0 Å². The van der Waals surface area contributed by atoms with Crippen molar-refractivity contribution >= 4 is 5.91 Å². The van der Waals surface area contributed by atoms with Crippen LogP contribution in [0.5, 0.6) is 0 Å². The molecule has 0 radical (unpaired) electrons. The number of amides is 1. The number of aryl methyl sites for hydroxylation is 1. The fraction of sp³-hybridized carbons (Fsp3) is 0.471. The Morgan fingerprint density at radius 1 is 1.45 bits per heavy atom. The molecule has 1 aliphatic carbocycles. The zero-order valence-corrected chi connectivity index (χ0v) is 12.1. The van der Waals surface area contributed by atoms with Crippen LogP contribution in [0.15, 0.2) is 18.2 Å². The number of aliphatic hydroxyl groups is 1. The molecule has 0 aliphatic heterocycles. The highest BCUT2D eigenvalue weighted by atomic mass is 16.2. The Labute approximate surface area is 120 Å². The molecule has 1 saturated carbocycles. The lowest BCUT2D eigenvalue weighted by Crippen LogP contribution is -2.34. The van der Waals surface area contributed by atoms with Gasteiger partial charge in [0.1, 0.15) is 6.61 Å². The van der Waals surface area contributed by atoms with E-state index in [0.29, 0.717) is 11.5 Å². The standard InChI is InChI=1S/C17H21NO2/c1-13-8-9-16(11-15(13)7-4-10-19)17(20)18(2)12-14-5-3-6-14/h8-9,11,14,19H,3,5-6,10,12H2,1-2H3. The molecule has 3 nitrogen and oxygen atoms in total. The molecule has 0 aromatic heterocycles. The Kier molecular flexibility index (Phi) is 4.81. The summed E-state index contributed by atoms with van der Waals surface area (Å²) in [4.78, 5) is 14.2. The van der Waals surface area contributed by atoms with Crippen molar-refractivity contribution in [3.05, 3.63) is 34.9 Å². The molecule has 0 saturated heterocycles. The fourth-order valence-electron chi connectivity index (χ4n) is 2.39. The van der Waals surface area contributed by atoms with Crippen molar-refractivity contribution in [2.24, 2.45) is 5.92 Å². The normalized spacial score (nSPS) is 14.2. The summed E-state index contributed by atoms with van der Waals surface area (Å²) in [6.45, 7) is 2.62. The summed E-state index contributed by atoms with van der Waals surface area (Å²) in [5.74, 6) is 6.24. The number of rotatable bonds is 3. The predicted molar refractivity (Wildman–Crippen MR) is 79.4 cm³/mol. The molecule has 0 atom stereocenters. The van der Waals surface area contributed by atoms with Crippen molar-refractivity contribution in [1.29, 1.82) is 0 Å². The lowest BCUT2D eigenvalue weighted by atomic mass is 9.85. The second-order valence-corrected chi connectivity index (χ2v) is 5.47. The summed E-state index contributed by atoms with van der Waals surface area (Å²) in [6.07, 6.45) is 3.76. The molecule has 1 fully saturated rings.